The second kappa shape index (κ2) is 10.9. The SMILES string of the molecule is CC.CC1(C)OB(c2cccc3oc4ccc(-c5cccc(-c6ccc(-c7ccccc7)cc6)c5)cc4c23)OC1(C)C. The van der Waals surface area contributed by atoms with Crippen LogP contribution in [0.5, 0.6) is 0 Å². The molecule has 0 saturated carbocycles. The fourth-order valence-electron chi connectivity index (χ4n) is 5.56. The Balaban J connectivity index is 0.00000155. The molecule has 0 amide bonds. The maximum Gasteiger partial charge on any atom is 0.495 e. The fourth-order valence-corrected chi connectivity index (χ4v) is 5.56. The van der Waals surface area contributed by atoms with E-state index in [0.717, 1.165) is 38.5 Å². The van der Waals surface area contributed by atoms with Crippen molar-refractivity contribution in [2.45, 2.75) is 52.7 Å². The lowest BCUT2D eigenvalue weighted by molar-refractivity contribution is 0.00578. The van der Waals surface area contributed by atoms with Gasteiger partial charge in [0.25, 0.3) is 0 Å². The van der Waals surface area contributed by atoms with Gasteiger partial charge in [-0.3, -0.25) is 0 Å². The van der Waals surface area contributed by atoms with Gasteiger partial charge in [-0.1, -0.05) is 105 Å². The minimum atomic E-state index is -0.458. The quantitative estimate of drug-likeness (QED) is 0.204. The third-order valence-corrected chi connectivity index (χ3v) is 8.56. The summed E-state index contributed by atoms with van der Waals surface area (Å²) < 4.78 is 19.1. The molecule has 0 radical (unpaired) electrons. The van der Waals surface area contributed by atoms with Crippen molar-refractivity contribution in [3.8, 4) is 33.4 Å². The zero-order chi connectivity index (χ0) is 29.5. The maximum absolute atomic E-state index is 6.43. The molecule has 1 aliphatic rings. The monoisotopic (exact) mass is 552 g/mol. The first-order chi connectivity index (χ1) is 20.3. The number of hydrogen-bond donors (Lipinski definition) is 0. The molecule has 0 N–H and O–H groups in total. The molecular formula is C38H37BO3. The Morgan fingerprint density at radius 3 is 1.64 bits per heavy atom. The minimum Gasteiger partial charge on any atom is -0.456 e. The summed E-state index contributed by atoms with van der Waals surface area (Å²) in [5.74, 6) is 0. The van der Waals surface area contributed by atoms with Crippen molar-refractivity contribution < 1.29 is 13.7 Å². The Bertz CT molecular complexity index is 1830. The molecule has 0 unspecified atom stereocenters. The molecule has 7 rings (SSSR count). The highest BCUT2D eigenvalue weighted by atomic mass is 16.7. The highest BCUT2D eigenvalue weighted by Crippen LogP contribution is 2.39. The van der Waals surface area contributed by atoms with Gasteiger partial charge in [-0.15, -0.1) is 0 Å². The van der Waals surface area contributed by atoms with E-state index in [0.29, 0.717) is 0 Å². The normalized spacial score (nSPS) is 15.5. The number of fused-ring (bicyclic) bond motifs is 3. The molecule has 1 saturated heterocycles. The summed E-state index contributed by atoms with van der Waals surface area (Å²) in [4.78, 5) is 0. The van der Waals surface area contributed by atoms with Gasteiger partial charge in [-0.2, -0.15) is 0 Å². The van der Waals surface area contributed by atoms with Crippen LogP contribution in [0.4, 0.5) is 0 Å². The summed E-state index contributed by atoms with van der Waals surface area (Å²) in [6.45, 7) is 12.3. The van der Waals surface area contributed by atoms with E-state index in [1.54, 1.807) is 0 Å². The number of rotatable bonds is 4. The van der Waals surface area contributed by atoms with E-state index in [1.165, 1.54) is 22.3 Å². The molecule has 0 atom stereocenters. The summed E-state index contributed by atoms with van der Waals surface area (Å²) in [7, 11) is -0.458. The molecule has 0 bridgehead atoms. The zero-order valence-electron chi connectivity index (χ0n) is 25.3. The minimum absolute atomic E-state index is 0.412. The predicted octanol–water partition coefficient (Wildman–Crippen LogP) is 9.91. The molecule has 2 heterocycles. The second-order valence-electron chi connectivity index (χ2n) is 11.6. The Morgan fingerprint density at radius 1 is 0.476 bits per heavy atom. The van der Waals surface area contributed by atoms with Crippen LogP contribution in [0.25, 0.3) is 55.3 Å². The average molecular weight is 553 g/mol. The highest BCUT2D eigenvalue weighted by Gasteiger charge is 2.52. The average Bonchev–Trinajstić information content (AvgIpc) is 3.50. The first-order valence-corrected chi connectivity index (χ1v) is 14.9. The first-order valence-electron chi connectivity index (χ1n) is 14.9. The summed E-state index contributed by atoms with van der Waals surface area (Å²) >= 11 is 0. The molecule has 0 aliphatic carbocycles. The smallest absolute Gasteiger partial charge is 0.456 e. The number of furan rings is 1. The topological polar surface area (TPSA) is 31.6 Å². The second-order valence-corrected chi connectivity index (χ2v) is 11.6. The molecule has 3 nitrogen and oxygen atoms in total. The summed E-state index contributed by atoms with van der Waals surface area (Å²) in [6, 6.07) is 40.5. The standard InChI is InChI=1S/C36H31BO3.C2H6/c1-35(2)36(3,4)40-37(39-35)31-14-9-15-33-34(31)30-23-29(20-21-32(30)38-33)28-13-8-12-27(22-28)26-18-16-25(17-19-26)24-10-6-5-7-11-24;1-2/h5-23H,1-4H3;1-2H3. The molecule has 42 heavy (non-hydrogen) atoms. The molecule has 1 aromatic heterocycles. The molecule has 6 aromatic rings. The van der Waals surface area contributed by atoms with Gasteiger partial charge >= 0.3 is 7.12 Å². The van der Waals surface area contributed by atoms with Gasteiger partial charge in [-0.25, -0.2) is 0 Å². The summed E-state index contributed by atoms with van der Waals surface area (Å²) in [6.07, 6.45) is 0. The van der Waals surface area contributed by atoms with Gasteiger partial charge < -0.3 is 13.7 Å². The third-order valence-electron chi connectivity index (χ3n) is 8.56. The van der Waals surface area contributed by atoms with Crippen LogP contribution in [-0.4, -0.2) is 18.3 Å². The molecule has 0 spiro atoms. The lowest BCUT2D eigenvalue weighted by atomic mass is 9.76. The molecule has 210 valence electrons. The van der Waals surface area contributed by atoms with Crippen molar-refractivity contribution in [1.29, 1.82) is 0 Å². The van der Waals surface area contributed by atoms with E-state index < -0.39 is 18.3 Å². The molecule has 5 aromatic carbocycles. The Labute approximate surface area is 249 Å². The van der Waals surface area contributed by atoms with Crippen molar-refractivity contribution >= 4 is 34.5 Å². The fraction of sp³-hybridized carbons (Fsp3) is 0.211. The van der Waals surface area contributed by atoms with Crippen molar-refractivity contribution in [2.75, 3.05) is 0 Å². The Hall–Kier alpha value is -4.12. The Morgan fingerprint density at radius 2 is 0.976 bits per heavy atom. The third kappa shape index (κ3) is 4.95. The van der Waals surface area contributed by atoms with E-state index in [-0.39, 0.29) is 0 Å². The van der Waals surface area contributed by atoms with E-state index in [9.17, 15) is 0 Å². The van der Waals surface area contributed by atoms with E-state index in [4.69, 9.17) is 13.7 Å². The van der Waals surface area contributed by atoms with Gasteiger partial charge in [0.1, 0.15) is 11.2 Å². The van der Waals surface area contributed by atoms with Crippen LogP contribution < -0.4 is 5.46 Å². The molecular weight excluding hydrogens is 515 g/mol. The van der Waals surface area contributed by atoms with Gasteiger partial charge in [0.05, 0.1) is 11.2 Å². The van der Waals surface area contributed by atoms with Crippen LogP contribution in [0.1, 0.15) is 41.5 Å². The van der Waals surface area contributed by atoms with Gasteiger partial charge in [0.15, 0.2) is 0 Å². The molecule has 4 heteroatoms. The highest BCUT2D eigenvalue weighted by molar-refractivity contribution is 6.66. The van der Waals surface area contributed by atoms with Crippen molar-refractivity contribution in [3.63, 3.8) is 0 Å². The van der Waals surface area contributed by atoms with Crippen molar-refractivity contribution in [2.24, 2.45) is 0 Å². The zero-order valence-corrected chi connectivity index (χ0v) is 25.3. The largest absolute Gasteiger partial charge is 0.495 e. The molecule has 1 fully saturated rings. The summed E-state index contributed by atoms with van der Waals surface area (Å²) in [5.41, 5.74) is 9.00. The van der Waals surface area contributed by atoms with Crippen LogP contribution in [0.15, 0.2) is 120 Å². The predicted molar refractivity (Wildman–Crippen MR) is 177 cm³/mol. The number of benzene rings is 5. The van der Waals surface area contributed by atoms with Crippen LogP contribution in [0, 0.1) is 0 Å². The van der Waals surface area contributed by atoms with Crippen molar-refractivity contribution in [3.05, 3.63) is 115 Å². The van der Waals surface area contributed by atoms with Crippen LogP contribution in [-0.2, 0) is 9.31 Å². The summed E-state index contributed by atoms with van der Waals surface area (Å²) in [5, 5.41) is 2.11. The van der Waals surface area contributed by atoms with Gasteiger partial charge in [0.2, 0.25) is 0 Å². The number of hydrogen-bond acceptors (Lipinski definition) is 3. The Kier molecular flexibility index (Phi) is 7.30. The van der Waals surface area contributed by atoms with Crippen molar-refractivity contribution in [1.82, 2.24) is 0 Å². The van der Waals surface area contributed by atoms with Crippen LogP contribution >= 0.6 is 0 Å². The van der Waals surface area contributed by atoms with Crippen LogP contribution in [0.3, 0.4) is 0 Å². The van der Waals surface area contributed by atoms with E-state index in [2.05, 4.69) is 125 Å². The van der Waals surface area contributed by atoms with Gasteiger partial charge in [0, 0.05) is 10.8 Å². The van der Waals surface area contributed by atoms with E-state index >= 15 is 0 Å². The first kappa shape index (κ1) is 28.0. The van der Waals surface area contributed by atoms with E-state index in [1.807, 2.05) is 32.0 Å². The van der Waals surface area contributed by atoms with Gasteiger partial charge in [-0.05, 0) is 90.8 Å². The lowest BCUT2D eigenvalue weighted by Gasteiger charge is -2.32. The lowest BCUT2D eigenvalue weighted by Crippen LogP contribution is -2.41. The maximum atomic E-state index is 6.43. The van der Waals surface area contributed by atoms with Crippen LogP contribution in [0.2, 0.25) is 0 Å². The molecule has 1 aliphatic heterocycles.